The zero-order chi connectivity index (χ0) is 34.9. The van der Waals surface area contributed by atoms with Gasteiger partial charge in [0, 0.05) is 31.9 Å². The second kappa shape index (κ2) is 11.9. The highest BCUT2D eigenvalue weighted by atomic mass is 32.1. The number of para-hydroxylation sites is 2. The van der Waals surface area contributed by atoms with Crippen molar-refractivity contribution in [1.29, 1.82) is 0 Å². The minimum Gasteiger partial charge on any atom is -0.454 e. The lowest BCUT2D eigenvalue weighted by Crippen LogP contribution is -2.10. The van der Waals surface area contributed by atoms with E-state index in [1.807, 2.05) is 17.4 Å². The fourth-order valence-electron chi connectivity index (χ4n) is 8.14. The molecule has 0 fully saturated rings. The highest BCUT2D eigenvalue weighted by Gasteiger charge is 2.23. The minimum atomic E-state index is 0.877. The first-order chi connectivity index (χ1) is 26.3. The van der Waals surface area contributed by atoms with Crippen LogP contribution in [0, 0.1) is 0 Å². The van der Waals surface area contributed by atoms with Crippen molar-refractivity contribution in [3.05, 3.63) is 188 Å². The van der Waals surface area contributed by atoms with Crippen molar-refractivity contribution < 1.29 is 4.42 Å². The molecule has 0 radical (unpaired) electrons. The van der Waals surface area contributed by atoms with Crippen LogP contribution in [0.2, 0.25) is 0 Å². The molecule has 0 aliphatic rings. The van der Waals surface area contributed by atoms with Crippen molar-refractivity contribution in [2.75, 3.05) is 4.90 Å². The second-order valence-corrected chi connectivity index (χ2v) is 14.7. The molecular weight excluding hydrogens is 663 g/mol. The molecule has 0 N–H and O–H groups in total. The molecule has 53 heavy (non-hydrogen) atoms. The third kappa shape index (κ3) is 4.78. The summed E-state index contributed by atoms with van der Waals surface area (Å²) in [6, 6.07) is 67.9. The van der Waals surface area contributed by atoms with E-state index in [9.17, 15) is 0 Å². The van der Waals surface area contributed by atoms with Gasteiger partial charge in [-0.1, -0.05) is 152 Å². The number of thiophene rings is 1. The number of fused-ring (bicyclic) bond motifs is 9. The third-order valence-corrected chi connectivity index (χ3v) is 11.9. The number of furan rings is 1. The van der Waals surface area contributed by atoms with E-state index in [0.717, 1.165) is 39.0 Å². The Morgan fingerprint density at radius 2 is 1.02 bits per heavy atom. The van der Waals surface area contributed by atoms with Crippen LogP contribution in [0.1, 0.15) is 0 Å². The van der Waals surface area contributed by atoms with Gasteiger partial charge in [0.25, 0.3) is 0 Å². The molecule has 11 rings (SSSR count). The van der Waals surface area contributed by atoms with Gasteiger partial charge in [-0.3, -0.25) is 0 Å². The summed E-state index contributed by atoms with van der Waals surface area (Å²) in [7, 11) is 0. The summed E-state index contributed by atoms with van der Waals surface area (Å²) in [6.45, 7) is 0. The summed E-state index contributed by atoms with van der Waals surface area (Å²) >= 11 is 1.87. The van der Waals surface area contributed by atoms with Crippen LogP contribution in [0.25, 0.3) is 85.9 Å². The fourth-order valence-corrected chi connectivity index (χ4v) is 9.48. The van der Waals surface area contributed by atoms with Gasteiger partial charge in [-0.15, -0.1) is 11.3 Å². The second-order valence-electron chi connectivity index (χ2n) is 13.7. The molecule has 3 heteroatoms. The standard InChI is InChI=1S/C50H31NOS/c1-2-11-33(12-3-1)40-16-8-18-43-44-19-10-21-46(50(44)53-49(40)43)51(45-20-9-17-42-41-15-6-7-22-47(41)52-48(42)45)37-28-25-32(26-29-37)35-27-30-39-36(31-35)24-23-34-13-4-5-14-38(34)39/h1-31H. The lowest BCUT2D eigenvalue weighted by molar-refractivity contribution is 0.669. The molecule has 0 aliphatic carbocycles. The molecule has 248 valence electrons. The van der Waals surface area contributed by atoms with Crippen LogP contribution in [-0.2, 0) is 0 Å². The maximum atomic E-state index is 6.68. The van der Waals surface area contributed by atoms with Gasteiger partial charge in [0.05, 0.1) is 16.1 Å². The van der Waals surface area contributed by atoms with Crippen molar-refractivity contribution in [2.24, 2.45) is 0 Å². The van der Waals surface area contributed by atoms with Gasteiger partial charge in [0.2, 0.25) is 0 Å². The molecule has 0 bridgehead atoms. The zero-order valence-electron chi connectivity index (χ0n) is 28.7. The number of benzene rings is 9. The topological polar surface area (TPSA) is 16.4 Å². The molecule has 0 amide bonds. The van der Waals surface area contributed by atoms with E-state index in [0.29, 0.717) is 0 Å². The number of hydrogen-bond donors (Lipinski definition) is 0. The Kier molecular flexibility index (Phi) is 6.76. The molecule has 2 heterocycles. The Morgan fingerprint density at radius 1 is 0.377 bits per heavy atom. The van der Waals surface area contributed by atoms with Gasteiger partial charge in [0.1, 0.15) is 5.58 Å². The predicted octanol–water partition coefficient (Wildman–Crippen LogP) is 15.1. The number of rotatable bonds is 5. The summed E-state index contributed by atoms with van der Waals surface area (Å²) in [5.41, 5.74) is 9.84. The highest BCUT2D eigenvalue weighted by Crippen LogP contribution is 2.49. The summed E-state index contributed by atoms with van der Waals surface area (Å²) in [6.07, 6.45) is 0. The van der Waals surface area contributed by atoms with Crippen LogP contribution >= 0.6 is 11.3 Å². The predicted molar refractivity (Wildman–Crippen MR) is 227 cm³/mol. The van der Waals surface area contributed by atoms with Crippen LogP contribution in [0.4, 0.5) is 17.1 Å². The Balaban J connectivity index is 1.11. The van der Waals surface area contributed by atoms with Crippen molar-refractivity contribution in [3.8, 4) is 22.3 Å². The molecular formula is C50H31NOS. The van der Waals surface area contributed by atoms with Gasteiger partial charge < -0.3 is 9.32 Å². The quantitative estimate of drug-likeness (QED) is 0.167. The molecule has 0 unspecified atom stereocenters. The Hall–Kier alpha value is -6.68. The maximum absolute atomic E-state index is 6.68. The average Bonchev–Trinajstić information content (AvgIpc) is 3.81. The van der Waals surface area contributed by atoms with E-state index >= 15 is 0 Å². The number of anilines is 3. The summed E-state index contributed by atoms with van der Waals surface area (Å²) < 4.78 is 9.22. The first-order valence-electron chi connectivity index (χ1n) is 18.0. The van der Waals surface area contributed by atoms with Gasteiger partial charge in [-0.25, -0.2) is 0 Å². The molecule has 0 aliphatic heterocycles. The Bertz CT molecular complexity index is 3170. The van der Waals surface area contributed by atoms with Gasteiger partial charge in [-0.2, -0.15) is 0 Å². The molecule has 0 saturated carbocycles. The third-order valence-electron chi connectivity index (χ3n) is 10.7. The van der Waals surface area contributed by atoms with E-state index in [1.54, 1.807) is 0 Å². The van der Waals surface area contributed by atoms with E-state index in [4.69, 9.17) is 4.42 Å². The molecule has 9 aromatic carbocycles. The molecule has 2 nitrogen and oxygen atoms in total. The van der Waals surface area contributed by atoms with Gasteiger partial charge >= 0.3 is 0 Å². The lowest BCUT2D eigenvalue weighted by Gasteiger charge is -2.26. The average molecular weight is 694 g/mol. The smallest absolute Gasteiger partial charge is 0.159 e. The van der Waals surface area contributed by atoms with E-state index in [2.05, 4.69) is 187 Å². The molecule has 0 atom stereocenters. The normalized spacial score (nSPS) is 11.8. The van der Waals surface area contributed by atoms with E-state index in [-0.39, 0.29) is 0 Å². The summed E-state index contributed by atoms with van der Waals surface area (Å²) in [5.74, 6) is 0. The Labute approximate surface area is 310 Å². The first-order valence-corrected chi connectivity index (χ1v) is 18.8. The summed E-state index contributed by atoms with van der Waals surface area (Å²) in [5, 5.41) is 9.83. The monoisotopic (exact) mass is 693 g/mol. The van der Waals surface area contributed by atoms with Crippen LogP contribution in [0.5, 0.6) is 0 Å². The van der Waals surface area contributed by atoms with Gasteiger partial charge in [0.15, 0.2) is 5.58 Å². The Morgan fingerprint density at radius 3 is 1.89 bits per heavy atom. The minimum absolute atomic E-state index is 0.877. The van der Waals surface area contributed by atoms with Gasteiger partial charge in [-0.05, 0) is 80.2 Å². The molecule has 0 spiro atoms. The highest BCUT2D eigenvalue weighted by molar-refractivity contribution is 7.27. The summed E-state index contributed by atoms with van der Waals surface area (Å²) in [4.78, 5) is 2.39. The van der Waals surface area contributed by atoms with Crippen LogP contribution in [0.15, 0.2) is 192 Å². The van der Waals surface area contributed by atoms with Crippen LogP contribution < -0.4 is 4.90 Å². The van der Waals surface area contributed by atoms with E-state index < -0.39 is 0 Å². The molecule has 11 aromatic rings. The maximum Gasteiger partial charge on any atom is 0.159 e. The SMILES string of the molecule is c1ccc(-c2cccc3c2sc2c(N(c4ccc(-c5ccc6c(ccc7ccccc76)c5)cc4)c4cccc5c4oc4ccccc45)cccc23)cc1. The zero-order valence-corrected chi connectivity index (χ0v) is 29.5. The molecule has 0 saturated heterocycles. The van der Waals surface area contributed by atoms with Crippen molar-refractivity contribution in [1.82, 2.24) is 0 Å². The van der Waals surface area contributed by atoms with Crippen molar-refractivity contribution in [2.45, 2.75) is 0 Å². The number of nitrogens with zero attached hydrogens (tertiary/aromatic N) is 1. The fraction of sp³-hybridized carbons (Fsp3) is 0. The van der Waals surface area contributed by atoms with Crippen LogP contribution in [-0.4, -0.2) is 0 Å². The van der Waals surface area contributed by atoms with Crippen LogP contribution in [0.3, 0.4) is 0 Å². The van der Waals surface area contributed by atoms with Crippen molar-refractivity contribution in [3.63, 3.8) is 0 Å². The lowest BCUT2D eigenvalue weighted by atomic mass is 9.97. The molecule has 2 aromatic heterocycles. The number of hydrogen-bond acceptors (Lipinski definition) is 3. The van der Waals surface area contributed by atoms with E-state index in [1.165, 1.54) is 64.0 Å². The largest absolute Gasteiger partial charge is 0.454 e. The first kappa shape index (κ1) is 30.0. The van der Waals surface area contributed by atoms with Crippen molar-refractivity contribution >= 4 is 92.1 Å².